The fraction of sp³-hybridized carbons (Fsp3) is 0.348. The van der Waals surface area contributed by atoms with Gasteiger partial charge < -0.3 is 20.3 Å². The summed E-state index contributed by atoms with van der Waals surface area (Å²) >= 11 is 0. The Bertz CT molecular complexity index is 753. The lowest BCUT2D eigenvalue weighted by Gasteiger charge is -2.14. The zero-order valence-corrected chi connectivity index (χ0v) is 17.2. The molecule has 0 spiro atoms. The topological polar surface area (TPSA) is 48.9 Å². The van der Waals surface area contributed by atoms with Gasteiger partial charge in [-0.3, -0.25) is 0 Å². The molecule has 0 amide bonds. The van der Waals surface area contributed by atoms with Crippen LogP contribution in [-0.4, -0.2) is 38.1 Å². The number of rotatable bonds is 10. The minimum atomic E-state index is 0.495. The Kier molecular flexibility index (Phi) is 9.08. The summed E-state index contributed by atoms with van der Waals surface area (Å²) < 4.78 is 5.72. The molecule has 5 nitrogen and oxygen atoms in total. The Balaban J connectivity index is 1.98. The van der Waals surface area contributed by atoms with E-state index < -0.39 is 0 Å². The second kappa shape index (κ2) is 11.8. The fourth-order valence-corrected chi connectivity index (χ4v) is 2.75. The quantitative estimate of drug-likeness (QED) is 0.376. The highest BCUT2D eigenvalue weighted by Gasteiger charge is 2.04. The zero-order chi connectivity index (χ0) is 20.2. The molecule has 0 atom stereocenters. The Hall–Kier alpha value is -2.79. The number of benzene rings is 2. The lowest BCUT2D eigenvalue weighted by molar-refractivity contribution is 0.358. The normalized spacial score (nSPS) is 11.4. The molecule has 0 aliphatic heterocycles. The largest absolute Gasteiger partial charge is 0.489 e. The van der Waals surface area contributed by atoms with Crippen molar-refractivity contribution < 1.29 is 4.74 Å². The number of nitrogens with zero attached hydrogens (tertiary/aromatic N) is 2. The molecule has 0 radical (unpaired) electrons. The molecule has 0 unspecified atom stereocenters. The van der Waals surface area contributed by atoms with E-state index in [-0.39, 0.29) is 0 Å². The van der Waals surface area contributed by atoms with Gasteiger partial charge in [0.15, 0.2) is 5.96 Å². The molecular weight excluding hydrogens is 348 g/mol. The minimum Gasteiger partial charge on any atom is -0.489 e. The van der Waals surface area contributed by atoms with Crippen LogP contribution in [0.1, 0.15) is 23.6 Å². The van der Waals surface area contributed by atoms with Crippen LogP contribution < -0.4 is 15.4 Å². The van der Waals surface area contributed by atoms with Crippen molar-refractivity contribution in [2.45, 2.75) is 26.6 Å². The molecule has 0 heterocycles. The van der Waals surface area contributed by atoms with Gasteiger partial charge in [-0.05, 0) is 38.2 Å². The molecule has 0 aliphatic carbocycles. The van der Waals surface area contributed by atoms with Crippen molar-refractivity contribution in [2.24, 2.45) is 4.99 Å². The van der Waals surface area contributed by atoms with Crippen molar-refractivity contribution in [2.75, 3.05) is 27.2 Å². The molecule has 0 fully saturated rings. The average molecular weight is 381 g/mol. The fourth-order valence-electron chi connectivity index (χ4n) is 2.75. The van der Waals surface area contributed by atoms with Crippen LogP contribution in [-0.2, 0) is 19.6 Å². The van der Waals surface area contributed by atoms with Crippen LogP contribution in [0.3, 0.4) is 0 Å². The number of nitrogens with one attached hydrogen (secondary N) is 2. The van der Waals surface area contributed by atoms with E-state index in [9.17, 15) is 0 Å². The molecule has 2 rings (SSSR count). The molecule has 2 aromatic rings. The first-order valence-electron chi connectivity index (χ1n) is 9.68. The Morgan fingerprint density at radius 1 is 1.07 bits per heavy atom. The lowest BCUT2D eigenvalue weighted by Crippen LogP contribution is -2.36. The summed E-state index contributed by atoms with van der Waals surface area (Å²) in [5.74, 6) is 1.65. The number of hydrogen-bond acceptors (Lipinski definition) is 3. The number of guanidine groups is 1. The van der Waals surface area contributed by atoms with Crippen LogP contribution >= 0.6 is 0 Å². The molecular formula is C23H32N4O. The van der Waals surface area contributed by atoms with Gasteiger partial charge in [0.2, 0.25) is 0 Å². The summed E-state index contributed by atoms with van der Waals surface area (Å²) in [6.45, 7) is 9.29. The molecule has 2 aromatic carbocycles. The Labute approximate surface area is 169 Å². The molecule has 0 aliphatic rings. The van der Waals surface area contributed by atoms with Crippen LogP contribution in [0.25, 0.3) is 0 Å². The van der Waals surface area contributed by atoms with Crippen LogP contribution in [0, 0.1) is 0 Å². The zero-order valence-electron chi connectivity index (χ0n) is 17.2. The highest BCUT2D eigenvalue weighted by Crippen LogP contribution is 2.17. The minimum absolute atomic E-state index is 0.495. The van der Waals surface area contributed by atoms with E-state index in [4.69, 9.17) is 9.73 Å². The van der Waals surface area contributed by atoms with Crippen molar-refractivity contribution in [3.63, 3.8) is 0 Å². The van der Waals surface area contributed by atoms with E-state index in [0.29, 0.717) is 19.7 Å². The van der Waals surface area contributed by atoms with Gasteiger partial charge in [-0.1, -0.05) is 55.1 Å². The van der Waals surface area contributed by atoms with E-state index in [2.05, 4.69) is 73.5 Å². The third kappa shape index (κ3) is 7.45. The van der Waals surface area contributed by atoms with Crippen molar-refractivity contribution >= 4 is 5.96 Å². The monoisotopic (exact) mass is 380 g/mol. The molecule has 2 N–H and O–H groups in total. The van der Waals surface area contributed by atoms with E-state index in [1.807, 2.05) is 18.2 Å². The molecule has 0 saturated carbocycles. The van der Waals surface area contributed by atoms with Crippen molar-refractivity contribution in [1.82, 2.24) is 15.5 Å². The van der Waals surface area contributed by atoms with Gasteiger partial charge in [0.05, 0.1) is 6.54 Å². The molecule has 150 valence electrons. The predicted molar refractivity (Wildman–Crippen MR) is 118 cm³/mol. The SMILES string of the molecule is C=CCOc1ccccc1CNC(=NCc1ccc(CN(C)C)cc1)NCC. The maximum Gasteiger partial charge on any atom is 0.191 e. The molecule has 0 aromatic heterocycles. The van der Waals surface area contributed by atoms with Gasteiger partial charge in [0, 0.05) is 25.2 Å². The highest BCUT2D eigenvalue weighted by atomic mass is 16.5. The smallest absolute Gasteiger partial charge is 0.191 e. The second-order valence-electron chi connectivity index (χ2n) is 6.81. The maximum absolute atomic E-state index is 5.72. The standard InChI is InChI=1S/C23H32N4O/c1-5-15-28-22-10-8-7-9-21(22)17-26-23(24-6-2)25-16-19-11-13-20(14-12-19)18-27(3)4/h5,7-14H,1,6,15-18H2,2-4H3,(H2,24,25,26). The summed E-state index contributed by atoms with van der Waals surface area (Å²) in [4.78, 5) is 6.87. The summed E-state index contributed by atoms with van der Waals surface area (Å²) in [7, 11) is 4.15. The third-order valence-electron chi connectivity index (χ3n) is 4.06. The van der Waals surface area contributed by atoms with Crippen LogP contribution in [0.15, 0.2) is 66.2 Å². The van der Waals surface area contributed by atoms with Gasteiger partial charge in [-0.25, -0.2) is 4.99 Å². The van der Waals surface area contributed by atoms with Crippen LogP contribution in [0.4, 0.5) is 0 Å². The number of hydrogen-bond donors (Lipinski definition) is 2. The molecule has 28 heavy (non-hydrogen) atoms. The first-order valence-corrected chi connectivity index (χ1v) is 9.68. The second-order valence-corrected chi connectivity index (χ2v) is 6.81. The maximum atomic E-state index is 5.72. The van der Waals surface area contributed by atoms with E-state index in [0.717, 1.165) is 30.4 Å². The summed E-state index contributed by atoms with van der Waals surface area (Å²) in [6.07, 6.45) is 1.75. The van der Waals surface area contributed by atoms with Gasteiger partial charge >= 0.3 is 0 Å². The molecule has 0 saturated heterocycles. The van der Waals surface area contributed by atoms with Crippen molar-refractivity contribution in [3.05, 3.63) is 77.9 Å². The molecule has 0 bridgehead atoms. The third-order valence-corrected chi connectivity index (χ3v) is 4.06. The van der Waals surface area contributed by atoms with E-state index in [1.54, 1.807) is 6.08 Å². The van der Waals surface area contributed by atoms with Crippen molar-refractivity contribution in [3.8, 4) is 5.75 Å². The highest BCUT2D eigenvalue weighted by molar-refractivity contribution is 5.79. The Morgan fingerprint density at radius 2 is 1.79 bits per heavy atom. The predicted octanol–water partition coefficient (Wildman–Crippen LogP) is 3.57. The molecule has 5 heteroatoms. The average Bonchev–Trinajstić information content (AvgIpc) is 2.70. The van der Waals surface area contributed by atoms with Crippen LogP contribution in [0.5, 0.6) is 5.75 Å². The van der Waals surface area contributed by atoms with Crippen molar-refractivity contribution in [1.29, 1.82) is 0 Å². The van der Waals surface area contributed by atoms with E-state index in [1.165, 1.54) is 11.1 Å². The van der Waals surface area contributed by atoms with Gasteiger partial charge in [0.1, 0.15) is 12.4 Å². The summed E-state index contributed by atoms with van der Waals surface area (Å²) in [5, 5.41) is 6.69. The van der Waals surface area contributed by atoms with Gasteiger partial charge in [-0.15, -0.1) is 0 Å². The summed E-state index contributed by atoms with van der Waals surface area (Å²) in [5.41, 5.74) is 3.58. The lowest BCUT2D eigenvalue weighted by atomic mass is 10.1. The number of aliphatic imine (C=N–C) groups is 1. The number of para-hydroxylation sites is 1. The number of ether oxygens (including phenoxy) is 1. The van der Waals surface area contributed by atoms with E-state index >= 15 is 0 Å². The first kappa shape index (κ1) is 21.5. The van der Waals surface area contributed by atoms with Crippen LogP contribution in [0.2, 0.25) is 0 Å². The first-order chi connectivity index (χ1) is 13.6. The van der Waals surface area contributed by atoms with Gasteiger partial charge in [0.25, 0.3) is 0 Å². The van der Waals surface area contributed by atoms with Gasteiger partial charge in [-0.2, -0.15) is 0 Å². The summed E-state index contributed by atoms with van der Waals surface area (Å²) in [6, 6.07) is 16.6. The Morgan fingerprint density at radius 3 is 2.46 bits per heavy atom.